The van der Waals surface area contributed by atoms with Gasteiger partial charge in [0.1, 0.15) is 17.1 Å². The Bertz CT molecular complexity index is 645. The molecular formula is C20H25NO3. The summed E-state index contributed by atoms with van der Waals surface area (Å²) in [5.41, 5.74) is 0.649. The Hall–Kier alpha value is -2.49. The summed E-state index contributed by atoms with van der Waals surface area (Å²) in [4.78, 5) is 11.7. The zero-order valence-corrected chi connectivity index (χ0v) is 14.7. The molecule has 1 N–H and O–H groups in total. The van der Waals surface area contributed by atoms with Crippen LogP contribution in [0.2, 0.25) is 0 Å². The number of ether oxygens (including phenoxy) is 2. The van der Waals surface area contributed by atoms with Gasteiger partial charge in [0.15, 0.2) is 0 Å². The Morgan fingerprint density at radius 3 is 2.17 bits per heavy atom. The molecule has 0 saturated heterocycles. The summed E-state index contributed by atoms with van der Waals surface area (Å²) in [6.07, 6.45) is -0.390. The van der Waals surface area contributed by atoms with Gasteiger partial charge in [-0.2, -0.15) is 0 Å². The molecule has 24 heavy (non-hydrogen) atoms. The van der Waals surface area contributed by atoms with E-state index in [-0.39, 0.29) is 5.92 Å². The molecule has 2 aromatic rings. The first-order valence-electron chi connectivity index (χ1n) is 8.13. The van der Waals surface area contributed by atoms with Crippen molar-refractivity contribution in [3.05, 3.63) is 60.2 Å². The standard InChI is InChI=1S/C20H25NO3/c1-15(14-21-19(22)24-20(2,3)4)16-10-12-18(13-11-16)23-17-8-6-5-7-9-17/h5-13,15H,14H2,1-4H3,(H,21,22). The molecule has 128 valence electrons. The van der Waals surface area contributed by atoms with Gasteiger partial charge < -0.3 is 14.8 Å². The van der Waals surface area contributed by atoms with Gasteiger partial charge in [-0.05, 0) is 56.5 Å². The van der Waals surface area contributed by atoms with Crippen LogP contribution in [0.1, 0.15) is 39.2 Å². The van der Waals surface area contributed by atoms with E-state index in [2.05, 4.69) is 12.2 Å². The monoisotopic (exact) mass is 327 g/mol. The lowest BCUT2D eigenvalue weighted by Crippen LogP contribution is -2.34. The van der Waals surface area contributed by atoms with Crippen molar-refractivity contribution in [2.24, 2.45) is 0 Å². The fraction of sp³-hybridized carbons (Fsp3) is 0.350. The number of amides is 1. The minimum Gasteiger partial charge on any atom is -0.457 e. The third-order valence-corrected chi connectivity index (χ3v) is 3.38. The Morgan fingerprint density at radius 1 is 1.00 bits per heavy atom. The SMILES string of the molecule is CC(CNC(=O)OC(C)(C)C)c1ccc(Oc2ccccc2)cc1. The van der Waals surface area contributed by atoms with Gasteiger partial charge in [0, 0.05) is 6.54 Å². The predicted molar refractivity (Wildman–Crippen MR) is 95.6 cm³/mol. The molecule has 1 amide bonds. The molecule has 0 bridgehead atoms. The molecule has 0 spiro atoms. The summed E-state index contributed by atoms with van der Waals surface area (Å²) in [5, 5.41) is 2.80. The lowest BCUT2D eigenvalue weighted by molar-refractivity contribution is 0.0525. The maximum absolute atomic E-state index is 11.7. The normalized spacial score (nSPS) is 12.3. The van der Waals surface area contributed by atoms with Gasteiger partial charge in [-0.25, -0.2) is 4.79 Å². The first-order valence-corrected chi connectivity index (χ1v) is 8.13. The number of carbonyl (C=O) groups excluding carboxylic acids is 1. The molecule has 4 heteroatoms. The smallest absolute Gasteiger partial charge is 0.407 e. The molecule has 4 nitrogen and oxygen atoms in total. The summed E-state index contributed by atoms with van der Waals surface area (Å²) >= 11 is 0. The molecule has 1 atom stereocenters. The second kappa shape index (κ2) is 7.86. The fourth-order valence-corrected chi connectivity index (χ4v) is 2.16. The highest BCUT2D eigenvalue weighted by Gasteiger charge is 2.16. The summed E-state index contributed by atoms with van der Waals surface area (Å²) in [6, 6.07) is 17.6. The van der Waals surface area contributed by atoms with Crippen LogP contribution in [0.4, 0.5) is 4.79 Å². The molecule has 0 saturated carbocycles. The molecule has 1 unspecified atom stereocenters. The van der Waals surface area contributed by atoms with Crippen LogP contribution >= 0.6 is 0 Å². The van der Waals surface area contributed by atoms with E-state index in [0.717, 1.165) is 17.1 Å². The Balaban J connectivity index is 1.87. The number of hydrogen-bond donors (Lipinski definition) is 1. The van der Waals surface area contributed by atoms with Crippen molar-refractivity contribution in [3.8, 4) is 11.5 Å². The minimum atomic E-state index is -0.482. The second-order valence-electron chi connectivity index (χ2n) is 6.77. The highest BCUT2D eigenvalue weighted by atomic mass is 16.6. The molecule has 0 aliphatic heterocycles. The van der Waals surface area contributed by atoms with Crippen LogP contribution in [-0.2, 0) is 4.74 Å². The van der Waals surface area contributed by atoms with Gasteiger partial charge >= 0.3 is 6.09 Å². The van der Waals surface area contributed by atoms with Crippen molar-refractivity contribution in [1.82, 2.24) is 5.32 Å². The van der Waals surface area contributed by atoms with Gasteiger partial charge in [-0.3, -0.25) is 0 Å². The van der Waals surface area contributed by atoms with Crippen molar-refractivity contribution >= 4 is 6.09 Å². The van der Waals surface area contributed by atoms with Crippen LogP contribution < -0.4 is 10.1 Å². The average molecular weight is 327 g/mol. The van der Waals surface area contributed by atoms with Crippen LogP contribution in [0.15, 0.2) is 54.6 Å². The predicted octanol–water partition coefficient (Wildman–Crippen LogP) is 5.11. The molecule has 0 aromatic heterocycles. The van der Waals surface area contributed by atoms with Crippen LogP contribution in [-0.4, -0.2) is 18.2 Å². The lowest BCUT2D eigenvalue weighted by atomic mass is 10.0. The van der Waals surface area contributed by atoms with E-state index in [4.69, 9.17) is 9.47 Å². The quantitative estimate of drug-likeness (QED) is 0.830. The Morgan fingerprint density at radius 2 is 1.58 bits per heavy atom. The third kappa shape index (κ3) is 5.95. The Kier molecular flexibility index (Phi) is 5.85. The van der Waals surface area contributed by atoms with Crippen LogP contribution in [0.5, 0.6) is 11.5 Å². The van der Waals surface area contributed by atoms with E-state index < -0.39 is 11.7 Å². The first-order chi connectivity index (χ1) is 11.3. The van der Waals surface area contributed by atoms with Gasteiger partial charge in [0.05, 0.1) is 0 Å². The van der Waals surface area contributed by atoms with Crippen LogP contribution in [0.25, 0.3) is 0 Å². The van der Waals surface area contributed by atoms with E-state index in [1.54, 1.807) is 0 Å². The van der Waals surface area contributed by atoms with Gasteiger partial charge in [0.25, 0.3) is 0 Å². The number of hydrogen-bond acceptors (Lipinski definition) is 3. The molecule has 0 fully saturated rings. The largest absolute Gasteiger partial charge is 0.457 e. The fourth-order valence-electron chi connectivity index (χ4n) is 2.16. The molecule has 2 rings (SSSR count). The third-order valence-electron chi connectivity index (χ3n) is 3.38. The maximum Gasteiger partial charge on any atom is 0.407 e. The molecule has 0 heterocycles. The molecule has 0 radical (unpaired) electrons. The number of rotatable bonds is 5. The van der Waals surface area contributed by atoms with E-state index in [9.17, 15) is 4.79 Å². The summed E-state index contributed by atoms with van der Waals surface area (Å²) in [7, 11) is 0. The number of para-hydroxylation sites is 1. The maximum atomic E-state index is 11.7. The van der Waals surface area contributed by atoms with E-state index in [1.807, 2.05) is 75.4 Å². The number of carbonyl (C=O) groups is 1. The van der Waals surface area contributed by atoms with E-state index in [0.29, 0.717) is 6.54 Å². The van der Waals surface area contributed by atoms with E-state index >= 15 is 0 Å². The summed E-state index contributed by atoms with van der Waals surface area (Å²) in [6.45, 7) is 8.13. The summed E-state index contributed by atoms with van der Waals surface area (Å²) < 4.78 is 11.0. The van der Waals surface area contributed by atoms with Crippen molar-refractivity contribution in [2.45, 2.75) is 39.2 Å². The highest BCUT2D eigenvalue weighted by Crippen LogP contribution is 2.23. The van der Waals surface area contributed by atoms with Crippen molar-refractivity contribution in [3.63, 3.8) is 0 Å². The number of benzene rings is 2. The molecule has 2 aromatic carbocycles. The van der Waals surface area contributed by atoms with Crippen LogP contribution in [0, 0.1) is 0 Å². The van der Waals surface area contributed by atoms with E-state index in [1.165, 1.54) is 0 Å². The summed E-state index contributed by atoms with van der Waals surface area (Å²) in [5.74, 6) is 1.78. The lowest BCUT2D eigenvalue weighted by Gasteiger charge is -2.21. The van der Waals surface area contributed by atoms with Gasteiger partial charge in [-0.1, -0.05) is 37.3 Å². The average Bonchev–Trinajstić information content (AvgIpc) is 2.53. The minimum absolute atomic E-state index is 0.184. The number of nitrogens with one attached hydrogen (secondary N) is 1. The zero-order chi connectivity index (χ0) is 17.6. The highest BCUT2D eigenvalue weighted by molar-refractivity contribution is 5.67. The molecular weight excluding hydrogens is 302 g/mol. The first kappa shape index (κ1) is 17.9. The van der Waals surface area contributed by atoms with Gasteiger partial charge in [0.2, 0.25) is 0 Å². The van der Waals surface area contributed by atoms with Crippen molar-refractivity contribution in [1.29, 1.82) is 0 Å². The molecule has 0 aliphatic rings. The second-order valence-corrected chi connectivity index (χ2v) is 6.77. The zero-order valence-electron chi connectivity index (χ0n) is 14.7. The number of alkyl carbamates (subject to hydrolysis) is 1. The topological polar surface area (TPSA) is 47.6 Å². The molecule has 0 aliphatic carbocycles. The van der Waals surface area contributed by atoms with Crippen molar-refractivity contribution < 1.29 is 14.3 Å². The van der Waals surface area contributed by atoms with Gasteiger partial charge in [-0.15, -0.1) is 0 Å². The van der Waals surface area contributed by atoms with Crippen molar-refractivity contribution in [2.75, 3.05) is 6.54 Å². The Labute approximate surface area is 143 Å². The van der Waals surface area contributed by atoms with Crippen LogP contribution in [0.3, 0.4) is 0 Å².